The first-order chi connectivity index (χ1) is 47.8. The van der Waals surface area contributed by atoms with Crippen molar-refractivity contribution in [1.82, 2.24) is 20.5 Å². The number of carbonyl (C=O) groups is 9. The van der Waals surface area contributed by atoms with E-state index in [1.165, 1.54) is 69.6 Å². The third-order valence-electron chi connectivity index (χ3n) is 18.6. The van der Waals surface area contributed by atoms with Crippen LogP contribution in [0.2, 0.25) is 0 Å². The van der Waals surface area contributed by atoms with Gasteiger partial charge in [-0.25, -0.2) is 4.98 Å². The molecule has 4 heterocycles. The summed E-state index contributed by atoms with van der Waals surface area (Å²) in [6.45, 7) is 18.0. The fraction of sp³-hybridized carbons (Fsp3) is 0.500. The average molecular weight is 1450 g/mol. The molecule has 0 aliphatic carbocycles. The maximum absolute atomic E-state index is 16.3. The number of aryl methyl sites for hydroxylation is 3. The quantitative estimate of drug-likeness (QED) is 0.0139. The number of ether oxygens (including phenoxy) is 3. The van der Waals surface area contributed by atoms with Crippen molar-refractivity contribution in [3.05, 3.63) is 147 Å². The monoisotopic (exact) mass is 1450 g/mol. The molecule has 1 unspecified atom stereocenters. The first kappa shape index (κ1) is 79.5. The van der Waals surface area contributed by atoms with Gasteiger partial charge in [0, 0.05) is 69.0 Å². The number of primary amides is 1. The SMILES string of the molecule is C/C(=C\C(=O)C[C@H]1CCc2cccc3c2N(C1=O)[C@H](C(=O)N[C@@H](CCC(N)=O)[C@@H](C)OCc1ccc(CCC(=O)C[C@H](C(=O)N2C[C@H](O)CC2C(=O)NCc2ccc(-c4scnc4C)cc2)C(C)(C)C)cc1)C3)c1ccc(C(F)(F)P(=O)(OCOC(=O)C(C)(C)C)OCOC(=O)C(C)(C)C)cc1. The van der Waals surface area contributed by atoms with Crippen molar-refractivity contribution < 1.29 is 84.9 Å². The molecule has 7 atom stereocenters. The number of β-amino-alcohol motifs (C(OH)–C–C–N with tert-alkyl or cyclic N) is 1. The van der Waals surface area contributed by atoms with E-state index in [0.717, 1.165) is 56.1 Å². The Morgan fingerprint density at radius 1 is 0.804 bits per heavy atom. The number of nitrogens with zero attached hydrogens (tertiary/aromatic N) is 3. The van der Waals surface area contributed by atoms with E-state index in [4.69, 9.17) is 29.0 Å². The zero-order valence-corrected chi connectivity index (χ0v) is 61.8. The van der Waals surface area contributed by atoms with E-state index < -0.39 is 126 Å². The molecule has 4 aromatic carbocycles. The van der Waals surface area contributed by atoms with Gasteiger partial charge in [-0.1, -0.05) is 112 Å². The summed E-state index contributed by atoms with van der Waals surface area (Å²) in [5.41, 5.74) is 6.76. The predicted octanol–water partition coefficient (Wildman–Crippen LogP) is 11.6. The fourth-order valence-corrected chi connectivity index (χ4v) is 14.5. The van der Waals surface area contributed by atoms with Gasteiger partial charge in [-0.05, 0) is 144 Å². The smallest absolute Gasteiger partial charge is 0.410 e. The number of aromatic nitrogens is 1. The molecule has 102 heavy (non-hydrogen) atoms. The Kier molecular flexibility index (Phi) is 26.1. The first-order valence-corrected chi connectivity index (χ1v) is 36.7. The number of anilines is 1. The number of hydrogen-bond acceptors (Lipinski definition) is 18. The molecule has 26 heteroatoms. The molecule has 0 spiro atoms. The van der Waals surface area contributed by atoms with Gasteiger partial charge in [0.1, 0.15) is 17.9 Å². The fourth-order valence-electron chi connectivity index (χ4n) is 12.4. The molecule has 0 saturated carbocycles. The summed E-state index contributed by atoms with van der Waals surface area (Å²) in [6.07, 6.45) is 0.893. The molecular weight excluding hydrogens is 1350 g/mol. The summed E-state index contributed by atoms with van der Waals surface area (Å²) in [5, 5.41) is 16.8. The number of esters is 2. The largest absolute Gasteiger partial charge is 0.438 e. The van der Waals surface area contributed by atoms with Crippen molar-refractivity contribution in [1.29, 1.82) is 0 Å². The van der Waals surface area contributed by atoms with E-state index in [1.54, 1.807) is 30.7 Å². The number of ketones is 2. The molecule has 8 rings (SSSR count). The van der Waals surface area contributed by atoms with Gasteiger partial charge in [0.15, 0.2) is 5.78 Å². The highest BCUT2D eigenvalue weighted by Gasteiger charge is 2.56. The maximum atomic E-state index is 16.3. The van der Waals surface area contributed by atoms with Crippen molar-refractivity contribution in [3.8, 4) is 10.4 Å². The van der Waals surface area contributed by atoms with Crippen molar-refractivity contribution >= 4 is 83.2 Å². The van der Waals surface area contributed by atoms with Crippen LogP contribution in [0.5, 0.6) is 0 Å². The normalized spacial score (nSPS) is 18.2. The number of allylic oxidation sites excluding steroid dienone is 2. The van der Waals surface area contributed by atoms with Gasteiger partial charge in [-0.2, -0.15) is 8.78 Å². The van der Waals surface area contributed by atoms with Crippen LogP contribution in [0.1, 0.15) is 166 Å². The molecule has 1 saturated heterocycles. The van der Waals surface area contributed by atoms with Gasteiger partial charge in [-0.3, -0.25) is 61.7 Å². The highest BCUT2D eigenvalue weighted by atomic mass is 32.1. The van der Waals surface area contributed by atoms with Crippen molar-refractivity contribution in [2.45, 2.75) is 196 Å². The number of rotatable bonds is 31. The molecule has 5 aromatic rings. The third-order valence-corrected chi connectivity index (χ3v) is 21.4. The zero-order chi connectivity index (χ0) is 74.8. The standard InChI is InChI=1S/C76H95F2N6O16PS/c1-45(51-27-29-56(30-28-51)76(77,78)101(95,99-43-97-71(93)74(7,8)9)100-44-98-72(94)75(10,11)12)34-58(86)35-55-26-25-52-14-13-15-54-36-63(84(65(52)54)69(55)91)68(90)82-61(32-33-64(79)88)47(3)96-41-50-18-16-48(17-19-50)22-31-57(85)37-60(73(4,5)6)70(92)83-40-59(87)38-62(83)67(89)80-39-49-20-23-53(24-21-49)66-46(2)81-42-102-66/h13-21,23-24,27-30,34,42,47,55,59-63,87H,22,25-26,31-33,35-41,43-44H2,1-12H3,(H2,79,88)(H,80,89)(H,82,90)/b45-34+/t47-,55-,59-,60-,61+,62?,63+/m1/s1. The number of para-hydroxylation sites is 1. The number of carbonyl (C=O) groups excluding carboxylic acids is 9. The second kappa shape index (κ2) is 33.5. The summed E-state index contributed by atoms with van der Waals surface area (Å²) in [6, 6.07) is 22.6. The van der Waals surface area contributed by atoms with Gasteiger partial charge in [0.05, 0.1) is 57.5 Å². The van der Waals surface area contributed by atoms with Crippen LogP contribution in [0.25, 0.3) is 16.0 Å². The van der Waals surface area contributed by atoms with E-state index in [1.807, 2.05) is 94.4 Å². The van der Waals surface area contributed by atoms with E-state index in [2.05, 4.69) is 15.6 Å². The molecule has 550 valence electrons. The van der Waals surface area contributed by atoms with E-state index in [0.29, 0.717) is 29.7 Å². The average Bonchev–Trinajstić information content (AvgIpc) is 1.54. The van der Waals surface area contributed by atoms with E-state index >= 15 is 8.78 Å². The topological polar surface area (TPSA) is 307 Å². The molecule has 0 radical (unpaired) electrons. The Morgan fingerprint density at radius 3 is 2.00 bits per heavy atom. The molecule has 5 amide bonds. The Morgan fingerprint density at radius 2 is 1.41 bits per heavy atom. The first-order valence-electron chi connectivity index (χ1n) is 34.3. The van der Waals surface area contributed by atoms with Crippen molar-refractivity contribution in [2.75, 3.05) is 25.0 Å². The molecule has 1 fully saturated rings. The summed E-state index contributed by atoms with van der Waals surface area (Å²) in [7, 11) is -5.61. The lowest BCUT2D eigenvalue weighted by Crippen LogP contribution is -2.54. The Labute approximate surface area is 598 Å². The highest BCUT2D eigenvalue weighted by Crippen LogP contribution is 2.67. The number of benzene rings is 4. The molecule has 3 aliphatic rings. The number of alkyl halides is 2. The van der Waals surface area contributed by atoms with Crippen LogP contribution < -0.4 is 21.3 Å². The summed E-state index contributed by atoms with van der Waals surface area (Å²) < 4.78 is 72.7. The molecule has 22 nitrogen and oxygen atoms in total. The predicted molar refractivity (Wildman–Crippen MR) is 380 cm³/mol. The van der Waals surface area contributed by atoms with Gasteiger partial charge in [-0.15, -0.1) is 11.3 Å². The van der Waals surface area contributed by atoms with Crippen molar-refractivity contribution in [2.24, 2.45) is 33.8 Å². The number of nitrogens with two attached hydrogens (primary N) is 1. The van der Waals surface area contributed by atoms with Crippen LogP contribution >= 0.6 is 18.9 Å². The molecule has 0 bridgehead atoms. The number of likely N-dealkylation sites (tertiary alicyclic amines) is 1. The molecular formula is C76H95F2N6O16PS. The third kappa shape index (κ3) is 20.2. The number of Topliss-reactive ketones (excluding diaryl/α,β-unsaturated/α-hetero) is 1. The van der Waals surface area contributed by atoms with E-state index in [-0.39, 0.29) is 88.7 Å². The summed E-state index contributed by atoms with van der Waals surface area (Å²) in [4.78, 5) is 130. The lowest BCUT2D eigenvalue weighted by atomic mass is 9.76. The minimum Gasteiger partial charge on any atom is -0.438 e. The maximum Gasteiger partial charge on any atom is 0.410 e. The Bertz CT molecular complexity index is 3940. The van der Waals surface area contributed by atoms with Crippen LogP contribution in [-0.2, 0) is 109 Å². The number of hydrogen-bond donors (Lipinski definition) is 4. The number of aliphatic hydroxyl groups is 1. The number of aliphatic hydroxyl groups excluding tert-OH is 1. The van der Waals surface area contributed by atoms with Crippen LogP contribution in [0.15, 0.2) is 103 Å². The van der Waals surface area contributed by atoms with Gasteiger partial charge in [0.2, 0.25) is 43.1 Å². The zero-order valence-electron chi connectivity index (χ0n) is 60.1. The van der Waals surface area contributed by atoms with Crippen molar-refractivity contribution in [3.63, 3.8) is 0 Å². The Balaban J connectivity index is 0.854. The molecule has 1 aromatic heterocycles. The number of amides is 5. The number of nitrogens with one attached hydrogen (secondary N) is 2. The van der Waals surface area contributed by atoms with Gasteiger partial charge in [0.25, 0.3) is 0 Å². The van der Waals surface area contributed by atoms with Crippen LogP contribution in [0.3, 0.4) is 0 Å². The highest BCUT2D eigenvalue weighted by molar-refractivity contribution is 7.54. The Hall–Kier alpha value is -8.19. The van der Waals surface area contributed by atoms with Gasteiger partial charge < -0.3 is 40.6 Å². The molecule has 3 aliphatic heterocycles. The number of thiazole rings is 1. The van der Waals surface area contributed by atoms with E-state index in [9.17, 15) is 52.8 Å². The minimum absolute atomic E-state index is 0.0239. The second-order valence-electron chi connectivity index (χ2n) is 29.8. The summed E-state index contributed by atoms with van der Waals surface area (Å²) in [5.74, 6) is -6.19. The van der Waals surface area contributed by atoms with Gasteiger partial charge >= 0.3 is 25.2 Å². The molecule has 5 N–H and O–H groups in total. The second-order valence-corrected chi connectivity index (χ2v) is 32.7. The lowest BCUT2D eigenvalue weighted by Gasteiger charge is -2.34. The van der Waals surface area contributed by atoms with Crippen LogP contribution in [0.4, 0.5) is 14.5 Å². The minimum atomic E-state index is -5.61. The number of halogens is 2. The summed E-state index contributed by atoms with van der Waals surface area (Å²) >= 11 is 1.55. The lowest BCUT2D eigenvalue weighted by molar-refractivity contribution is -0.163. The van der Waals surface area contributed by atoms with Crippen LogP contribution in [0, 0.1) is 35.0 Å². The van der Waals surface area contributed by atoms with Crippen LogP contribution in [-0.4, -0.2) is 118 Å².